The number of rotatable bonds is 12. The fourth-order valence-electron chi connectivity index (χ4n) is 3.60. The molecule has 0 saturated carbocycles. The van der Waals surface area contributed by atoms with Crippen molar-refractivity contribution in [3.05, 3.63) is 54.0 Å². The molecule has 0 radical (unpaired) electrons. The normalized spacial score (nSPS) is 13.8. The molecule has 0 spiro atoms. The molecule has 1 aromatic carbocycles. The molecule has 0 aliphatic carbocycles. The molecule has 0 aliphatic heterocycles. The lowest BCUT2D eigenvalue weighted by Crippen LogP contribution is -2.51. The van der Waals surface area contributed by atoms with E-state index < -0.39 is 22.0 Å². The lowest BCUT2D eigenvalue weighted by Gasteiger charge is -2.26. The summed E-state index contributed by atoms with van der Waals surface area (Å²) in [6.45, 7) is 8.15. The van der Waals surface area contributed by atoms with E-state index in [0.29, 0.717) is 19.6 Å². The van der Waals surface area contributed by atoms with E-state index in [1.54, 1.807) is 26.2 Å². The molecule has 34 heavy (non-hydrogen) atoms. The van der Waals surface area contributed by atoms with Gasteiger partial charge < -0.3 is 15.1 Å². The van der Waals surface area contributed by atoms with Crippen LogP contribution in [0.25, 0.3) is 0 Å². The maximum absolute atomic E-state index is 13.0. The summed E-state index contributed by atoms with van der Waals surface area (Å²) in [5.74, 6) is -0.302. The van der Waals surface area contributed by atoms with Crippen LogP contribution in [0.4, 0.5) is 0 Å². The lowest BCUT2D eigenvalue weighted by molar-refractivity contribution is -0.124. The topological polar surface area (TPSA) is 112 Å². The van der Waals surface area contributed by atoms with Crippen LogP contribution in [0.15, 0.2) is 52.0 Å². The van der Waals surface area contributed by atoms with E-state index in [-0.39, 0.29) is 28.3 Å². The van der Waals surface area contributed by atoms with Crippen LogP contribution in [-0.2, 0) is 14.8 Å². The largest absolute Gasteiger partial charge is 0.468 e. The van der Waals surface area contributed by atoms with Crippen molar-refractivity contribution >= 4 is 21.8 Å². The van der Waals surface area contributed by atoms with E-state index in [9.17, 15) is 18.0 Å². The van der Waals surface area contributed by atoms with Crippen molar-refractivity contribution in [3.8, 4) is 0 Å². The molecule has 2 atom stereocenters. The smallest absolute Gasteiger partial charge is 0.251 e. The minimum absolute atomic E-state index is 0.0432. The number of likely N-dealkylation sites (N-methyl/N-ethyl adjacent to an activating group) is 1. The Morgan fingerprint density at radius 1 is 1.06 bits per heavy atom. The summed E-state index contributed by atoms with van der Waals surface area (Å²) in [6, 6.07) is 8.55. The zero-order valence-corrected chi connectivity index (χ0v) is 21.6. The molecular formula is C24H36N4O5S. The number of nitrogens with one attached hydrogen (secondary N) is 2. The maximum atomic E-state index is 13.0. The summed E-state index contributed by atoms with van der Waals surface area (Å²) in [4.78, 5) is 27.9. The molecular weight excluding hydrogens is 456 g/mol. The van der Waals surface area contributed by atoms with Crippen molar-refractivity contribution in [2.45, 2.75) is 44.7 Å². The second-order valence-electron chi connectivity index (χ2n) is 8.55. The molecule has 2 amide bonds. The van der Waals surface area contributed by atoms with Gasteiger partial charge in [0.25, 0.3) is 5.91 Å². The SMILES string of the molecule is CCN(CC)S(=O)(=O)c1cccc(C(=O)N[C@H](C(=O)NCC(c2ccco2)N(C)C)C(C)C)c1. The summed E-state index contributed by atoms with van der Waals surface area (Å²) in [6.07, 6.45) is 1.58. The van der Waals surface area contributed by atoms with E-state index in [0.717, 1.165) is 5.76 Å². The van der Waals surface area contributed by atoms with Crippen molar-refractivity contribution in [3.63, 3.8) is 0 Å². The maximum Gasteiger partial charge on any atom is 0.251 e. The van der Waals surface area contributed by atoms with Gasteiger partial charge in [-0.25, -0.2) is 8.42 Å². The van der Waals surface area contributed by atoms with Gasteiger partial charge in [-0.2, -0.15) is 4.31 Å². The van der Waals surface area contributed by atoms with Gasteiger partial charge in [-0.1, -0.05) is 33.8 Å². The number of furan rings is 1. The third kappa shape index (κ3) is 6.68. The number of hydrogen-bond donors (Lipinski definition) is 2. The predicted molar refractivity (Wildman–Crippen MR) is 131 cm³/mol. The highest BCUT2D eigenvalue weighted by Crippen LogP contribution is 2.19. The summed E-state index contributed by atoms with van der Waals surface area (Å²) in [5, 5.41) is 5.66. The summed E-state index contributed by atoms with van der Waals surface area (Å²) in [7, 11) is 0.0727. The fourth-order valence-corrected chi connectivity index (χ4v) is 5.10. The Kier molecular flexibility index (Phi) is 9.84. The van der Waals surface area contributed by atoms with E-state index in [1.807, 2.05) is 38.9 Å². The molecule has 9 nitrogen and oxygen atoms in total. The molecule has 1 unspecified atom stereocenters. The van der Waals surface area contributed by atoms with Gasteiger partial charge in [0.15, 0.2) is 0 Å². The molecule has 0 bridgehead atoms. The van der Waals surface area contributed by atoms with Crippen molar-refractivity contribution in [2.75, 3.05) is 33.7 Å². The van der Waals surface area contributed by atoms with Gasteiger partial charge in [-0.15, -0.1) is 0 Å². The van der Waals surface area contributed by atoms with Gasteiger partial charge in [-0.05, 0) is 50.3 Å². The molecule has 2 aromatic rings. The Bertz CT molecular complexity index is 1050. The van der Waals surface area contributed by atoms with Gasteiger partial charge in [0.05, 0.1) is 17.2 Å². The molecule has 10 heteroatoms. The molecule has 1 aromatic heterocycles. The van der Waals surface area contributed by atoms with Crippen LogP contribution in [0.1, 0.15) is 49.9 Å². The Hall–Kier alpha value is -2.69. The molecule has 0 aliphatic rings. The Balaban J connectivity index is 2.15. The van der Waals surface area contributed by atoms with Gasteiger partial charge >= 0.3 is 0 Å². The number of amides is 2. The van der Waals surface area contributed by atoms with Crippen LogP contribution < -0.4 is 10.6 Å². The van der Waals surface area contributed by atoms with Crippen LogP contribution in [-0.4, -0.2) is 69.2 Å². The van der Waals surface area contributed by atoms with Crippen LogP contribution >= 0.6 is 0 Å². The molecule has 0 fully saturated rings. The first-order valence-corrected chi connectivity index (χ1v) is 12.9. The van der Waals surface area contributed by atoms with Crippen molar-refractivity contribution in [1.82, 2.24) is 19.8 Å². The molecule has 188 valence electrons. The van der Waals surface area contributed by atoms with Crippen molar-refractivity contribution in [2.24, 2.45) is 5.92 Å². The van der Waals surface area contributed by atoms with Gasteiger partial charge in [0.1, 0.15) is 11.8 Å². The molecule has 0 saturated heterocycles. The third-order valence-electron chi connectivity index (χ3n) is 5.64. The van der Waals surface area contributed by atoms with Crippen molar-refractivity contribution in [1.29, 1.82) is 0 Å². The van der Waals surface area contributed by atoms with Gasteiger partial charge in [0, 0.05) is 25.2 Å². The number of carbonyl (C=O) groups is 2. The zero-order chi connectivity index (χ0) is 25.5. The number of carbonyl (C=O) groups excluding carboxylic acids is 2. The average Bonchev–Trinajstić information content (AvgIpc) is 3.32. The predicted octanol–water partition coefficient (Wildman–Crippen LogP) is 2.48. The quantitative estimate of drug-likeness (QED) is 0.471. The number of hydrogen-bond acceptors (Lipinski definition) is 6. The minimum atomic E-state index is -3.71. The Morgan fingerprint density at radius 3 is 2.26 bits per heavy atom. The van der Waals surface area contributed by atoms with Gasteiger partial charge in [-0.3, -0.25) is 14.5 Å². The first kappa shape index (κ1) is 27.6. The Morgan fingerprint density at radius 2 is 1.74 bits per heavy atom. The second kappa shape index (κ2) is 12.1. The summed E-state index contributed by atoms with van der Waals surface area (Å²) >= 11 is 0. The van der Waals surface area contributed by atoms with Crippen LogP contribution in [0.5, 0.6) is 0 Å². The number of benzene rings is 1. The summed E-state index contributed by atoms with van der Waals surface area (Å²) < 4.78 is 32.5. The summed E-state index contributed by atoms with van der Waals surface area (Å²) in [5.41, 5.74) is 0.174. The van der Waals surface area contributed by atoms with E-state index >= 15 is 0 Å². The lowest BCUT2D eigenvalue weighted by atomic mass is 10.0. The first-order valence-electron chi connectivity index (χ1n) is 11.4. The van der Waals surface area contributed by atoms with Gasteiger partial charge in [0.2, 0.25) is 15.9 Å². The highest BCUT2D eigenvalue weighted by Gasteiger charge is 2.28. The monoisotopic (exact) mass is 492 g/mol. The zero-order valence-electron chi connectivity index (χ0n) is 20.7. The molecule has 2 rings (SSSR count). The average molecular weight is 493 g/mol. The van der Waals surface area contributed by atoms with E-state index in [1.165, 1.54) is 28.6 Å². The second-order valence-corrected chi connectivity index (χ2v) is 10.5. The minimum Gasteiger partial charge on any atom is -0.468 e. The molecule has 1 heterocycles. The Labute approximate surface area is 202 Å². The fraction of sp³-hybridized carbons (Fsp3) is 0.500. The highest BCUT2D eigenvalue weighted by molar-refractivity contribution is 7.89. The first-order chi connectivity index (χ1) is 16.0. The highest BCUT2D eigenvalue weighted by atomic mass is 32.2. The molecule has 2 N–H and O–H groups in total. The number of sulfonamides is 1. The van der Waals surface area contributed by atoms with Crippen molar-refractivity contribution < 1.29 is 22.4 Å². The number of nitrogens with zero attached hydrogens (tertiary/aromatic N) is 2. The van der Waals surface area contributed by atoms with E-state index in [2.05, 4.69) is 10.6 Å². The third-order valence-corrected chi connectivity index (χ3v) is 7.69. The van der Waals surface area contributed by atoms with E-state index in [4.69, 9.17) is 4.42 Å². The van der Waals surface area contributed by atoms with Crippen LogP contribution in [0, 0.1) is 5.92 Å². The van der Waals surface area contributed by atoms with Crippen LogP contribution in [0.2, 0.25) is 0 Å². The van der Waals surface area contributed by atoms with Crippen LogP contribution in [0.3, 0.4) is 0 Å². The standard InChI is InChI=1S/C24H36N4O5S/c1-7-28(8-2)34(31,32)19-12-9-11-18(15-19)23(29)26-22(17(3)4)24(30)25-16-20(27(5)6)21-13-10-14-33-21/h9-15,17,20,22H,7-8,16H2,1-6H3,(H,25,30)(H,26,29)/t20?,22-/m0/s1.